The fourth-order valence-electron chi connectivity index (χ4n) is 3.39. The fourth-order valence-corrected chi connectivity index (χ4v) is 3.78. The van der Waals surface area contributed by atoms with Crippen LogP contribution in [0, 0.1) is 5.92 Å². The molecule has 0 spiro atoms. The number of benzene rings is 1. The lowest BCUT2D eigenvalue weighted by atomic mass is 9.92. The Balaban J connectivity index is 1.57. The van der Waals surface area contributed by atoms with E-state index in [0.717, 1.165) is 15.9 Å². The van der Waals surface area contributed by atoms with Gasteiger partial charge in [-0.25, -0.2) is 9.97 Å². The zero-order valence-electron chi connectivity index (χ0n) is 17.5. The van der Waals surface area contributed by atoms with E-state index in [1.54, 1.807) is 23.4 Å². The number of halogens is 1. The topological polar surface area (TPSA) is 93.0 Å². The number of nitrogens with zero attached hydrogens (tertiary/aromatic N) is 5. The number of nitrogens with one attached hydrogen (secondary N) is 1. The SMILES string of the molecule is CC(C)(C)c1cc(NC(=O)C2CC(=O)N(c3cccc(Br)c3)C2)n(-c2ncccn2)n1. The van der Waals surface area contributed by atoms with Crippen LogP contribution in [-0.4, -0.2) is 38.1 Å². The number of aromatic nitrogens is 4. The summed E-state index contributed by atoms with van der Waals surface area (Å²) in [5, 5.41) is 7.55. The van der Waals surface area contributed by atoms with E-state index in [9.17, 15) is 9.59 Å². The van der Waals surface area contributed by atoms with E-state index in [1.807, 2.05) is 51.1 Å². The minimum absolute atomic E-state index is 0.0754. The normalized spacial score (nSPS) is 16.6. The fraction of sp³-hybridized carbons (Fsp3) is 0.318. The predicted octanol–water partition coefficient (Wildman–Crippen LogP) is 3.71. The number of carbonyl (C=O) groups is 2. The molecule has 8 nitrogen and oxygen atoms in total. The van der Waals surface area contributed by atoms with Gasteiger partial charge in [-0.05, 0) is 24.3 Å². The molecule has 1 aliphatic rings. The van der Waals surface area contributed by atoms with Gasteiger partial charge in [0.1, 0.15) is 5.82 Å². The minimum Gasteiger partial charge on any atom is -0.312 e. The average molecular weight is 483 g/mol. The van der Waals surface area contributed by atoms with Crippen LogP contribution in [0.25, 0.3) is 5.95 Å². The van der Waals surface area contributed by atoms with Gasteiger partial charge in [0, 0.05) is 47.0 Å². The van der Waals surface area contributed by atoms with Gasteiger partial charge in [-0.1, -0.05) is 42.8 Å². The summed E-state index contributed by atoms with van der Waals surface area (Å²) in [5.74, 6) is 0.0718. The van der Waals surface area contributed by atoms with Crippen molar-refractivity contribution in [3.63, 3.8) is 0 Å². The maximum atomic E-state index is 13.1. The Labute approximate surface area is 188 Å². The van der Waals surface area contributed by atoms with Gasteiger partial charge in [-0.15, -0.1) is 0 Å². The number of rotatable bonds is 4. The highest BCUT2D eigenvalue weighted by molar-refractivity contribution is 9.10. The summed E-state index contributed by atoms with van der Waals surface area (Å²) >= 11 is 3.43. The van der Waals surface area contributed by atoms with Gasteiger partial charge >= 0.3 is 0 Å². The van der Waals surface area contributed by atoms with E-state index in [0.29, 0.717) is 18.3 Å². The third-order valence-electron chi connectivity index (χ3n) is 5.09. The Morgan fingerprint density at radius 1 is 1.16 bits per heavy atom. The minimum atomic E-state index is -0.468. The lowest BCUT2D eigenvalue weighted by Crippen LogP contribution is -2.28. The molecule has 1 fully saturated rings. The molecule has 2 amide bonds. The summed E-state index contributed by atoms with van der Waals surface area (Å²) in [6.45, 7) is 6.46. The van der Waals surface area contributed by atoms with Crippen LogP contribution < -0.4 is 10.2 Å². The van der Waals surface area contributed by atoms with Gasteiger partial charge in [0.05, 0.1) is 11.6 Å². The van der Waals surface area contributed by atoms with Crippen molar-refractivity contribution in [2.75, 3.05) is 16.8 Å². The molecule has 31 heavy (non-hydrogen) atoms. The van der Waals surface area contributed by atoms with Crippen molar-refractivity contribution in [3.8, 4) is 5.95 Å². The molecule has 0 bridgehead atoms. The molecule has 0 saturated carbocycles. The van der Waals surface area contributed by atoms with E-state index in [2.05, 4.69) is 36.3 Å². The second kappa shape index (κ2) is 8.22. The average Bonchev–Trinajstić information content (AvgIpc) is 3.32. The maximum absolute atomic E-state index is 13.1. The summed E-state index contributed by atoms with van der Waals surface area (Å²) < 4.78 is 2.41. The van der Waals surface area contributed by atoms with Gasteiger partial charge in [0.25, 0.3) is 5.95 Å². The monoisotopic (exact) mass is 482 g/mol. The lowest BCUT2D eigenvalue weighted by Gasteiger charge is -2.17. The number of amides is 2. The summed E-state index contributed by atoms with van der Waals surface area (Å²) in [7, 11) is 0. The molecule has 160 valence electrons. The molecule has 1 unspecified atom stereocenters. The van der Waals surface area contributed by atoms with Gasteiger partial charge in [-0.2, -0.15) is 9.78 Å². The Morgan fingerprint density at radius 2 is 1.90 bits per heavy atom. The molecule has 1 atom stereocenters. The summed E-state index contributed by atoms with van der Waals surface area (Å²) in [5.41, 5.74) is 1.35. The Kier molecular flexibility index (Phi) is 5.62. The molecule has 1 aromatic carbocycles. The molecule has 2 aromatic heterocycles. The molecule has 0 aliphatic carbocycles. The zero-order valence-corrected chi connectivity index (χ0v) is 19.1. The standard InChI is InChI=1S/C22H23BrN6O2/c1-22(2,3)17-12-18(29(27-17)21-24-8-5-9-25-21)26-20(31)14-10-19(30)28(13-14)16-7-4-6-15(23)11-16/h4-9,11-12,14H,10,13H2,1-3H3,(H,26,31). The van der Waals surface area contributed by atoms with Crippen LogP contribution in [0.3, 0.4) is 0 Å². The summed E-state index contributed by atoms with van der Waals surface area (Å²) in [6.07, 6.45) is 3.40. The van der Waals surface area contributed by atoms with Gasteiger partial charge < -0.3 is 10.2 Å². The molecule has 1 N–H and O–H groups in total. The van der Waals surface area contributed by atoms with Crippen molar-refractivity contribution in [1.29, 1.82) is 0 Å². The number of hydrogen-bond donors (Lipinski definition) is 1. The number of anilines is 2. The van der Waals surface area contributed by atoms with Gasteiger partial charge in [-0.3, -0.25) is 9.59 Å². The molecule has 4 rings (SSSR count). The van der Waals surface area contributed by atoms with Crippen LogP contribution in [0.5, 0.6) is 0 Å². The maximum Gasteiger partial charge on any atom is 0.252 e. The van der Waals surface area contributed by atoms with Crippen molar-refractivity contribution in [2.24, 2.45) is 5.92 Å². The first-order chi connectivity index (χ1) is 14.7. The van der Waals surface area contributed by atoms with E-state index in [4.69, 9.17) is 0 Å². The number of hydrogen-bond acceptors (Lipinski definition) is 5. The Morgan fingerprint density at radius 3 is 2.58 bits per heavy atom. The molecule has 0 radical (unpaired) electrons. The van der Waals surface area contributed by atoms with E-state index >= 15 is 0 Å². The van der Waals surface area contributed by atoms with Gasteiger partial charge in [0.15, 0.2) is 0 Å². The molecule has 9 heteroatoms. The molecule has 3 aromatic rings. The van der Waals surface area contributed by atoms with Gasteiger partial charge in [0.2, 0.25) is 11.8 Å². The first kappa shape index (κ1) is 21.2. The van der Waals surface area contributed by atoms with E-state index < -0.39 is 5.92 Å². The van der Waals surface area contributed by atoms with Crippen LogP contribution in [0.2, 0.25) is 0 Å². The van der Waals surface area contributed by atoms with Crippen molar-refractivity contribution >= 4 is 39.2 Å². The first-order valence-electron chi connectivity index (χ1n) is 9.97. The highest BCUT2D eigenvalue weighted by atomic mass is 79.9. The highest BCUT2D eigenvalue weighted by Crippen LogP contribution is 2.29. The van der Waals surface area contributed by atoms with Crippen LogP contribution in [0.15, 0.2) is 53.3 Å². The molecular weight excluding hydrogens is 460 g/mol. The quantitative estimate of drug-likeness (QED) is 0.611. The lowest BCUT2D eigenvalue weighted by molar-refractivity contribution is -0.122. The predicted molar refractivity (Wildman–Crippen MR) is 121 cm³/mol. The van der Waals surface area contributed by atoms with Crippen molar-refractivity contribution in [3.05, 3.63) is 59.0 Å². The van der Waals surface area contributed by atoms with Crippen molar-refractivity contribution in [1.82, 2.24) is 19.7 Å². The third kappa shape index (κ3) is 4.51. The first-order valence-corrected chi connectivity index (χ1v) is 10.8. The van der Waals surface area contributed by atoms with Crippen LogP contribution in [0.4, 0.5) is 11.5 Å². The van der Waals surface area contributed by atoms with E-state index in [-0.39, 0.29) is 23.7 Å². The Bertz CT molecular complexity index is 1120. The largest absolute Gasteiger partial charge is 0.312 e. The van der Waals surface area contributed by atoms with E-state index in [1.165, 1.54) is 4.68 Å². The molecular formula is C22H23BrN6O2. The summed E-state index contributed by atoms with van der Waals surface area (Å²) in [6, 6.07) is 11.0. The molecule has 3 heterocycles. The number of carbonyl (C=O) groups excluding carboxylic acids is 2. The second-order valence-electron chi connectivity index (χ2n) is 8.50. The van der Waals surface area contributed by atoms with Crippen LogP contribution >= 0.6 is 15.9 Å². The Hall–Kier alpha value is -3.07. The van der Waals surface area contributed by atoms with Crippen LogP contribution in [0.1, 0.15) is 32.9 Å². The third-order valence-corrected chi connectivity index (χ3v) is 5.58. The molecule has 1 saturated heterocycles. The van der Waals surface area contributed by atoms with Crippen LogP contribution in [-0.2, 0) is 15.0 Å². The molecule has 1 aliphatic heterocycles. The second-order valence-corrected chi connectivity index (χ2v) is 9.42. The zero-order chi connectivity index (χ0) is 22.2. The van der Waals surface area contributed by atoms with Crippen molar-refractivity contribution < 1.29 is 9.59 Å². The summed E-state index contributed by atoms with van der Waals surface area (Å²) in [4.78, 5) is 35.8. The smallest absolute Gasteiger partial charge is 0.252 e. The highest BCUT2D eigenvalue weighted by Gasteiger charge is 2.36. The van der Waals surface area contributed by atoms with Crippen molar-refractivity contribution in [2.45, 2.75) is 32.6 Å².